The minimum atomic E-state index is -0.640. The second kappa shape index (κ2) is 5.99. The normalized spacial score (nSPS) is 16.2. The van der Waals surface area contributed by atoms with Gasteiger partial charge in [-0.15, -0.1) is 0 Å². The molecular formula is C17H19N3O4. The molecule has 0 fully saturated rings. The Balaban J connectivity index is 1.88. The zero-order chi connectivity index (χ0) is 17.4. The summed E-state index contributed by atoms with van der Waals surface area (Å²) in [5.74, 6) is 0.672. The fourth-order valence-corrected chi connectivity index (χ4v) is 2.64. The van der Waals surface area contributed by atoms with Gasteiger partial charge >= 0.3 is 0 Å². The van der Waals surface area contributed by atoms with Gasteiger partial charge in [-0.2, -0.15) is 0 Å². The van der Waals surface area contributed by atoms with E-state index in [1.165, 1.54) is 0 Å². The van der Waals surface area contributed by atoms with E-state index < -0.39 is 6.10 Å². The highest BCUT2D eigenvalue weighted by Gasteiger charge is 2.29. The van der Waals surface area contributed by atoms with Crippen molar-refractivity contribution >= 4 is 17.5 Å². The Hall–Kier alpha value is -2.83. The van der Waals surface area contributed by atoms with Crippen molar-refractivity contribution in [2.45, 2.75) is 33.4 Å². The molecule has 1 aliphatic rings. The van der Waals surface area contributed by atoms with E-state index in [1.807, 2.05) is 13.8 Å². The standard InChI is InChI=1S/C17H19N3O4/c1-9-13(10(2)24-19-9)8-20(4)17(22)12-6-5-7-14-15(12)23-11(3)16(21)18-14/h5-7,11H,8H2,1-4H3,(H,18,21). The molecule has 0 aliphatic carbocycles. The zero-order valence-corrected chi connectivity index (χ0v) is 14.0. The molecule has 126 valence electrons. The van der Waals surface area contributed by atoms with Crippen LogP contribution in [-0.4, -0.2) is 35.0 Å². The number of aryl methyl sites for hydroxylation is 2. The van der Waals surface area contributed by atoms with Crippen LogP contribution < -0.4 is 10.1 Å². The predicted molar refractivity (Wildman–Crippen MR) is 86.9 cm³/mol. The van der Waals surface area contributed by atoms with Crippen molar-refractivity contribution in [2.75, 3.05) is 12.4 Å². The first kappa shape index (κ1) is 16.0. The van der Waals surface area contributed by atoms with Crippen molar-refractivity contribution < 1.29 is 18.8 Å². The number of nitrogens with zero attached hydrogens (tertiary/aromatic N) is 2. The smallest absolute Gasteiger partial charge is 0.265 e. The fourth-order valence-electron chi connectivity index (χ4n) is 2.64. The molecule has 3 rings (SSSR count). The van der Waals surface area contributed by atoms with Gasteiger partial charge in [0.2, 0.25) is 0 Å². The van der Waals surface area contributed by atoms with Gasteiger partial charge in [0, 0.05) is 12.6 Å². The molecule has 0 saturated heterocycles. The Labute approximate surface area is 139 Å². The molecule has 0 bridgehead atoms. The van der Waals surface area contributed by atoms with Crippen LogP contribution in [-0.2, 0) is 11.3 Å². The van der Waals surface area contributed by atoms with Gasteiger partial charge in [-0.05, 0) is 32.9 Å². The number of benzene rings is 1. The third kappa shape index (κ3) is 2.73. The summed E-state index contributed by atoms with van der Waals surface area (Å²) in [6, 6.07) is 5.12. The molecular weight excluding hydrogens is 310 g/mol. The summed E-state index contributed by atoms with van der Waals surface area (Å²) in [5.41, 5.74) is 2.57. The summed E-state index contributed by atoms with van der Waals surface area (Å²) in [4.78, 5) is 26.1. The number of ether oxygens (including phenoxy) is 1. The van der Waals surface area contributed by atoms with E-state index >= 15 is 0 Å². The molecule has 0 radical (unpaired) electrons. The summed E-state index contributed by atoms with van der Waals surface area (Å²) >= 11 is 0. The summed E-state index contributed by atoms with van der Waals surface area (Å²) in [7, 11) is 1.71. The number of carbonyl (C=O) groups excluding carboxylic acids is 2. The Bertz CT molecular complexity index is 793. The number of aromatic nitrogens is 1. The van der Waals surface area contributed by atoms with Gasteiger partial charge in [0.15, 0.2) is 11.9 Å². The monoisotopic (exact) mass is 329 g/mol. The van der Waals surface area contributed by atoms with Crippen LogP contribution in [0.1, 0.15) is 34.3 Å². The number of fused-ring (bicyclic) bond motifs is 1. The molecule has 0 spiro atoms. The molecule has 0 saturated carbocycles. The quantitative estimate of drug-likeness (QED) is 0.934. The molecule has 2 amide bonds. The van der Waals surface area contributed by atoms with Crippen LogP contribution in [0.15, 0.2) is 22.7 Å². The number of para-hydroxylation sites is 1. The number of nitrogens with one attached hydrogen (secondary N) is 1. The lowest BCUT2D eigenvalue weighted by Crippen LogP contribution is -2.36. The Kier molecular flexibility index (Phi) is 4.01. The van der Waals surface area contributed by atoms with E-state index in [0.29, 0.717) is 29.3 Å². The van der Waals surface area contributed by atoms with Gasteiger partial charge in [-0.1, -0.05) is 11.2 Å². The van der Waals surface area contributed by atoms with Crippen molar-refractivity contribution in [2.24, 2.45) is 0 Å². The molecule has 24 heavy (non-hydrogen) atoms. The summed E-state index contributed by atoms with van der Waals surface area (Å²) in [5, 5.41) is 6.65. The third-order valence-electron chi connectivity index (χ3n) is 4.09. The Morgan fingerprint density at radius 1 is 1.38 bits per heavy atom. The third-order valence-corrected chi connectivity index (χ3v) is 4.09. The number of hydrogen-bond donors (Lipinski definition) is 1. The minimum absolute atomic E-state index is 0.199. The highest BCUT2D eigenvalue weighted by Crippen LogP contribution is 2.34. The average Bonchev–Trinajstić information content (AvgIpc) is 2.86. The number of anilines is 1. The molecule has 1 aromatic carbocycles. The number of carbonyl (C=O) groups is 2. The molecule has 1 aromatic heterocycles. The summed E-state index contributed by atoms with van der Waals surface area (Å²) in [6.07, 6.45) is -0.640. The molecule has 2 heterocycles. The molecule has 7 nitrogen and oxygen atoms in total. The van der Waals surface area contributed by atoms with Gasteiger partial charge in [-0.3, -0.25) is 9.59 Å². The maximum Gasteiger partial charge on any atom is 0.265 e. The second-order valence-electron chi connectivity index (χ2n) is 5.90. The highest BCUT2D eigenvalue weighted by atomic mass is 16.5. The van der Waals surface area contributed by atoms with Crippen molar-refractivity contribution in [3.05, 3.63) is 40.8 Å². The van der Waals surface area contributed by atoms with Crippen LogP contribution in [0.2, 0.25) is 0 Å². The fraction of sp³-hybridized carbons (Fsp3) is 0.353. The van der Waals surface area contributed by atoms with Crippen molar-refractivity contribution in [3.63, 3.8) is 0 Å². The van der Waals surface area contributed by atoms with Crippen molar-refractivity contribution in [3.8, 4) is 5.75 Å². The van der Waals surface area contributed by atoms with Crippen LogP contribution >= 0.6 is 0 Å². The average molecular weight is 329 g/mol. The zero-order valence-electron chi connectivity index (χ0n) is 14.0. The maximum atomic E-state index is 12.8. The Morgan fingerprint density at radius 2 is 2.12 bits per heavy atom. The minimum Gasteiger partial charge on any atom is -0.478 e. The van der Waals surface area contributed by atoms with E-state index in [9.17, 15) is 9.59 Å². The summed E-state index contributed by atoms with van der Waals surface area (Å²) < 4.78 is 10.8. The lowest BCUT2D eigenvalue weighted by molar-refractivity contribution is -0.122. The van der Waals surface area contributed by atoms with Gasteiger partial charge in [0.05, 0.1) is 23.5 Å². The van der Waals surface area contributed by atoms with Gasteiger partial charge in [-0.25, -0.2) is 0 Å². The van der Waals surface area contributed by atoms with E-state index in [4.69, 9.17) is 9.26 Å². The summed E-state index contributed by atoms with van der Waals surface area (Å²) in [6.45, 7) is 5.69. The van der Waals surface area contributed by atoms with Crippen LogP contribution in [0.25, 0.3) is 0 Å². The number of hydrogen-bond acceptors (Lipinski definition) is 5. The maximum absolute atomic E-state index is 12.8. The second-order valence-corrected chi connectivity index (χ2v) is 5.90. The van der Waals surface area contributed by atoms with Crippen molar-refractivity contribution in [1.82, 2.24) is 10.1 Å². The highest BCUT2D eigenvalue weighted by molar-refractivity contribution is 6.03. The largest absolute Gasteiger partial charge is 0.478 e. The molecule has 1 atom stereocenters. The van der Waals surface area contributed by atoms with Gasteiger partial charge in [0.1, 0.15) is 5.76 Å². The molecule has 7 heteroatoms. The molecule has 1 N–H and O–H groups in total. The molecule has 1 unspecified atom stereocenters. The first-order valence-corrected chi connectivity index (χ1v) is 7.66. The number of rotatable bonds is 3. The predicted octanol–water partition coefficient (Wildman–Crippen LogP) is 2.28. The van der Waals surface area contributed by atoms with Crippen LogP contribution in [0.4, 0.5) is 5.69 Å². The molecule has 1 aliphatic heterocycles. The first-order chi connectivity index (χ1) is 11.4. The first-order valence-electron chi connectivity index (χ1n) is 7.66. The van der Waals surface area contributed by atoms with Crippen LogP contribution in [0.5, 0.6) is 5.75 Å². The van der Waals surface area contributed by atoms with Gasteiger partial charge in [0.25, 0.3) is 11.8 Å². The van der Waals surface area contributed by atoms with Crippen LogP contribution in [0.3, 0.4) is 0 Å². The van der Waals surface area contributed by atoms with E-state index in [-0.39, 0.29) is 11.8 Å². The Morgan fingerprint density at radius 3 is 2.79 bits per heavy atom. The van der Waals surface area contributed by atoms with E-state index in [2.05, 4.69) is 10.5 Å². The van der Waals surface area contributed by atoms with E-state index in [0.717, 1.165) is 11.3 Å². The van der Waals surface area contributed by atoms with Gasteiger partial charge < -0.3 is 19.5 Å². The number of amides is 2. The molecule has 2 aromatic rings. The SMILES string of the molecule is Cc1noc(C)c1CN(C)C(=O)c1cccc2c1OC(C)C(=O)N2. The lowest BCUT2D eigenvalue weighted by atomic mass is 10.1. The lowest BCUT2D eigenvalue weighted by Gasteiger charge is -2.26. The van der Waals surface area contributed by atoms with Crippen LogP contribution in [0, 0.1) is 13.8 Å². The topological polar surface area (TPSA) is 84.7 Å². The van der Waals surface area contributed by atoms with Crippen molar-refractivity contribution in [1.29, 1.82) is 0 Å². The van der Waals surface area contributed by atoms with E-state index in [1.54, 1.807) is 37.1 Å².